The maximum Gasteiger partial charge on any atom is 0.187 e. The monoisotopic (exact) mass is 267 g/mol. The van der Waals surface area contributed by atoms with Gasteiger partial charge in [-0.2, -0.15) is 0 Å². The highest BCUT2D eigenvalue weighted by atomic mass is 19.1. The lowest BCUT2D eigenvalue weighted by atomic mass is 10.2. The second-order valence-electron chi connectivity index (χ2n) is 4.22. The van der Waals surface area contributed by atoms with Gasteiger partial charge in [-0.25, -0.2) is 13.8 Å². The van der Waals surface area contributed by atoms with Gasteiger partial charge in [0.05, 0.1) is 0 Å². The van der Waals surface area contributed by atoms with E-state index in [9.17, 15) is 8.78 Å². The second-order valence-corrected chi connectivity index (χ2v) is 4.22. The summed E-state index contributed by atoms with van der Waals surface area (Å²) in [7, 11) is 0. The van der Waals surface area contributed by atoms with E-state index in [2.05, 4.69) is 15.3 Å². The van der Waals surface area contributed by atoms with E-state index < -0.39 is 17.4 Å². The Morgan fingerprint density at radius 1 is 1.26 bits per heavy atom. The Hall–Kier alpha value is -1.95. The molecule has 19 heavy (non-hydrogen) atoms. The molecule has 0 aliphatic carbocycles. The molecule has 0 fully saturated rings. The topological polar surface area (TPSA) is 60.9 Å². The van der Waals surface area contributed by atoms with E-state index in [1.54, 1.807) is 12.4 Å². The van der Waals surface area contributed by atoms with Crippen LogP contribution in [0, 0.1) is 11.6 Å². The Balaban J connectivity index is 1.74. The molecule has 6 heteroatoms. The molecule has 0 aliphatic heterocycles. The highest BCUT2D eigenvalue weighted by molar-refractivity contribution is 5.29. The molecule has 1 aromatic carbocycles. The average molecular weight is 267 g/mol. The molecule has 0 saturated heterocycles. The van der Waals surface area contributed by atoms with Gasteiger partial charge in [-0.05, 0) is 30.7 Å². The number of halogens is 2. The van der Waals surface area contributed by atoms with Crippen LogP contribution in [0.25, 0.3) is 0 Å². The smallest absolute Gasteiger partial charge is 0.187 e. The van der Waals surface area contributed by atoms with Gasteiger partial charge in [0.1, 0.15) is 5.82 Å². The summed E-state index contributed by atoms with van der Waals surface area (Å²) in [5.41, 5.74) is 0.464. The van der Waals surface area contributed by atoms with E-state index >= 15 is 0 Å². The fraction of sp³-hybridized carbons (Fsp3) is 0.308. The lowest BCUT2D eigenvalue weighted by molar-refractivity contribution is 0.395. The Labute approximate surface area is 109 Å². The first-order chi connectivity index (χ1) is 9.16. The van der Waals surface area contributed by atoms with E-state index in [1.807, 2.05) is 0 Å². The summed E-state index contributed by atoms with van der Waals surface area (Å²) in [4.78, 5) is 7.10. The molecule has 0 spiro atoms. The molecular formula is C13H15F2N3O. The van der Waals surface area contributed by atoms with Crippen molar-refractivity contribution in [3.63, 3.8) is 0 Å². The van der Waals surface area contributed by atoms with E-state index in [0.29, 0.717) is 18.7 Å². The van der Waals surface area contributed by atoms with E-state index in [4.69, 9.17) is 5.11 Å². The van der Waals surface area contributed by atoms with Gasteiger partial charge in [0.15, 0.2) is 17.4 Å². The van der Waals surface area contributed by atoms with Crippen molar-refractivity contribution in [2.75, 3.05) is 6.54 Å². The highest BCUT2D eigenvalue weighted by Gasteiger charge is 2.08. The zero-order chi connectivity index (χ0) is 13.7. The van der Waals surface area contributed by atoms with Crippen LogP contribution in [0.15, 0.2) is 24.5 Å². The molecule has 0 amide bonds. The molecule has 0 saturated carbocycles. The number of aromatic hydroxyl groups is 1. The quantitative estimate of drug-likeness (QED) is 0.702. The lowest BCUT2D eigenvalue weighted by Crippen LogP contribution is -2.15. The summed E-state index contributed by atoms with van der Waals surface area (Å²) >= 11 is 0. The zero-order valence-corrected chi connectivity index (χ0v) is 10.3. The van der Waals surface area contributed by atoms with E-state index in [-0.39, 0.29) is 0 Å². The zero-order valence-electron chi connectivity index (χ0n) is 10.3. The van der Waals surface area contributed by atoms with Crippen LogP contribution in [0.4, 0.5) is 8.78 Å². The van der Waals surface area contributed by atoms with Crippen molar-refractivity contribution in [1.82, 2.24) is 15.3 Å². The lowest BCUT2D eigenvalue weighted by Gasteiger charge is -2.06. The minimum atomic E-state index is -0.938. The van der Waals surface area contributed by atoms with Crippen LogP contribution in [0.2, 0.25) is 0 Å². The van der Waals surface area contributed by atoms with Crippen LogP contribution in [0.3, 0.4) is 0 Å². The summed E-state index contributed by atoms with van der Waals surface area (Å²) in [5, 5.41) is 12.0. The largest absolute Gasteiger partial charge is 0.503 e. The van der Waals surface area contributed by atoms with Crippen LogP contribution in [0.1, 0.15) is 17.8 Å². The van der Waals surface area contributed by atoms with Crippen molar-refractivity contribution in [3.05, 3.63) is 47.5 Å². The highest BCUT2D eigenvalue weighted by Crippen LogP contribution is 2.21. The molecule has 3 N–H and O–H groups in total. The number of nitrogens with one attached hydrogen (secondary N) is 2. The average Bonchev–Trinajstić information content (AvgIpc) is 2.88. The first-order valence-corrected chi connectivity index (χ1v) is 6.02. The molecule has 1 aromatic heterocycles. The van der Waals surface area contributed by atoms with Crippen molar-refractivity contribution in [3.8, 4) is 5.75 Å². The van der Waals surface area contributed by atoms with Gasteiger partial charge in [0.2, 0.25) is 0 Å². The van der Waals surface area contributed by atoms with Gasteiger partial charge in [-0.3, -0.25) is 0 Å². The molecule has 1 heterocycles. The van der Waals surface area contributed by atoms with Crippen molar-refractivity contribution in [2.24, 2.45) is 0 Å². The number of hydrogen-bond acceptors (Lipinski definition) is 3. The molecule has 0 aliphatic rings. The standard InChI is InChI=1S/C13H15F2N3O/c14-10-6-9(7-11(15)13(10)19)8-16-3-1-2-12-17-4-5-18-12/h4-7,16,19H,1-3,8H2,(H,17,18). The predicted molar refractivity (Wildman–Crippen MR) is 66.6 cm³/mol. The van der Waals surface area contributed by atoms with Crippen molar-refractivity contribution >= 4 is 0 Å². The number of hydrogen-bond donors (Lipinski definition) is 3. The van der Waals surface area contributed by atoms with Gasteiger partial charge >= 0.3 is 0 Å². The van der Waals surface area contributed by atoms with Crippen LogP contribution < -0.4 is 5.32 Å². The second kappa shape index (κ2) is 6.29. The summed E-state index contributed by atoms with van der Waals surface area (Å²) in [6.07, 6.45) is 5.16. The molecule has 102 valence electrons. The van der Waals surface area contributed by atoms with Crippen molar-refractivity contribution in [2.45, 2.75) is 19.4 Å². The normalized spacial score (nSPS) is 10.8. The first kappa shape index (κ1) is 13.5. The van der Waals surface area contributed by atoms with Gasteiger partial charge in [0, 0.05) is 25.4 Å². The van der Waals surface area contributed by atoms with Gasteiger partial charge in [-0.15, -0.1) is 0 Å². The molecular weight excluding hydrogens is 252 g/mol. The fourth-order valence-electron chi connectivity index (χ4n) is 1.77. The molecule has 0 bridgehead atoms. The Kier molecular flexibility index (Phi) is 4.46. The van der Waals surface area contributed by atoms with Crippen molar-refractivity contribution < 1.29 is 13.9 Å². The minimum Gasteiger partial charge on any atom is -0.503 e. The number of aromatic amines is 1. The third kappa shape index (κ3) is 3.75. The third-order valence-electron chi connectivity index (χ3n) is 2.73. The number of H-pyrrole nitrogens is 1. The minimum absolute atomic E-state index is 0.353. The molecule has 0 radical (unpaired) electrons. The molecule has 2 rings (SSSR count). The van der Waals surface area contributed by atoms with E-state index in [1.165, 1.54) is 0 Å². The number of phenolic OH excluding ortho intramolecular Hbond substituents is 1. The van der Waals surface area contributed by atoms with Crippen LogP contribution in [0.5, 0.6) is 5.75 Å². The Morgan fingerprint density at radius 2 is 2.00 bits per heavy atom. The van der Waals surface area contributed by atoms with Gasteiger partial charge in [-0.1, -0.05) is 0 Å². The van der Waals surface area contributed by atoms with Crippen LogP contribution >= 0.6 is 0 Å². The number of aryl methyl sites for hydroxylation is 1. The molecule has 0 atom stereocenters. The van der Waals surface area contributed by atoms with Gasteiger partial charge < -0.3 is 15.4 Å². The molecule has 4 nitrogen and oxygen atoms in total. The number of phenols is 1. The first-order valence-electron chi connectivity index (χ1n) is 6.02. The molecule has 2 aromatic rings. The third-order valence-corrected chi connectivity index (χ3v) is 2.73. The number of aromatic nitrogens is 2. The fourth-order valence-corrected chi connectivity index (χ4v) is 1.77. The van der Waals surface area contributed by atoms with Crippen molar-refractivity contribution in [1.29, 1.82) is 0 Å². The number of imidazole rings is 1. The predicted octanol–water partition coefficient (Wildman–Crippen LogP) is 2.12. The van der Waals surface area contributed by atoms with Crippen LogP contribution in [-0.4, -0.2) is 21.6 Å². The number of benzene rings is 1. The summed E-state index contributed by atoms with van der Waals surface area (Å²) < 4.78 is 26.1. The Bertz CT molecular complexity index is 506. The van der Waals surface area contributed by atoms with Gasteiger partial charge in [0.25, 0.3) is 0 Å². The van der Waals surface area contributed by atoms with Crippen LogP contribution in [-0.2, 0) is 13.0 Å². The maximum atomic E-state index is 13.1. The molecule has 0 unspecified atom stereocenters. The number of nitrogens with zero attached hydrogens (tertiary/aromatic N) is 1. The summed E-state index contributed by atoms with van der Waals surface area (Å²) in [6, 6.07) is 2.25. The Morgan fingerprint density at radius 3 is 2.63 bits per heavy atom. The summed E-state index contributed by atoms with van der Waals surface area (Å²) in [5.74, 6) is -1.88. The SMILES string of the molecule is Oc1c(F)cc(CNCCCc2ncc[nH]2)cc1F. The maximum absolute atomic E-state index is 13.1. The van der Waals surface area contributed by atoms with E-state index in [0.717, 1.165) is 30.8 Å². The number of rotatable bonds is 6. The summed E-state index contributed by atoms with van der Waals surface area (Å²) in [6.45, 7) is 1.07.